The van der Waals surface area contributed by atoms with Gasteiger partial charge in [-0.2, -0.15) is 0 Å². The van der Waals surface area contributed by atoms with E-state index in [1.165, 1.54) is 12.5 Å². The van der Waals surface area contributed by atoms with Crippen LogP contribution in [-0.2, 0) is 14.3 Å². The van der Waals surface area contributed by atoms with Gasteiger partial charge >= 0.3 is 0 Å². The Kier molecular flexibility index (Phi) is 3.68. The summed E-state index contributed by atoms with van der Waals surface area (Å²) >= 11 is 0. The topological polar surface area (TPSA) is 55.4 Å². The van der Waals surface area contributed by atoms with E-state index in [4.69, 9.17) is 4.74 Å². The number of fused-ring (bicyclic) bond motifs is 1. The largest absolute Gasteiger partial charge is 0.374 e. The second kappa shape index (κ2) is 5.24. The van der Waals surface area contributed by atoms with Crippen LogP contribution in [0.15, 0.2) is 12.7 Å². The van der Waals surface area contributed by atoms with Gasteiger partial charge in [-0.25, -0.2) is 0 Å². The summed E-state index contributed by atoms with van der Waals surface area (Å²) in [7, 11) is 0. The van der Waals surface area contributed by atoms with Gasteiger partial charge in [0.05, 0.1) is 23.7 Å². The molecule has 2 saturated carbocycles. The maximum Gasteiger partial charge on any atom is 0.229 e. The molecular formula is C17H25NO3. The van der Waals surface area contributed by atoms with Gasteiger partial charge in [-0.15, -0.1) is 0 Å². The van der Waals surface area contributed by atoms with Gasteiger partial charge in [-0.1, -0.05) is 25.8 Å². The molecule has 2 aliphatic heterocycles. The number of nitrogens with one attached hydrogen (secondary N) is 1. The SMILES string of the molecule is C=CC(=O)[C@H](NC(=O)C12COC(C)(C1)C2)C1CCCCC1. The number of hydrogen-bond donors (Lipinski definition) is 1. The molecule has 4 fully saturated rings. The molecule has 0 radical (unpaired) electrons. The Morgan fingerprint density at radius 1 is 1.29 bits per heavy atom. The zero-order chi connectivity index (χ0) is 15.1. The fourth-order valence-corrected chi connectivity index (χ4v) is 4.43. The summed E-state index contributed by atoms with van der Waals surface area (Å²) in [6.45, 7) is 6.14. The first-order valence-electron chi connectivity index (χ1n) is 8.09. The van der Waals surface area contributed by atoms with Crippen molar-refractivity contribution < 1.29 is 14.3 Å². The first-order chi connectivity index (χ1) is 9.98. The van der Waals surface area contributed by atoms with E-state index in [2.05, 4.69) is 18.8 Å². The fourth-order valence-electron chi connectivity index (χ4n) is 4.43. The van der Waals surface area contributed by atoms with E-state index in [0.717, 1.165) is 38.5 Å². The number of rotatable bonds is 5. The third-order valence-electron chi connectivity index (χ3n) is 5.52. The Bertz CT molecular complexity index is 459. The molecule has 4 rings (SSSR count). The van der Waals surface area contributed by atoms with Crippen LogP contribution in [0.25, 0.3) is 0 Å². The average Bonchev–Trinajstić information content (AvgIpc) is 2.99. The van der Waals surface area contributed by atoms with Crippen molar-refractivity contribution >= 4 is 11.7 Å². The molecule has 0 aromatic carbocycles. The number of amides is 1. The second-order valence-corrected chi connectivity index (χ2v) is 7.33. The van der Waals surface area contributed by atoms with Gasteiger partial charge in [-0.3, -0.25) is 9.59 Å². The van der Waals surface area contributed by atoms with Crippen LogP contribution in [0, 0.1) is 11.3 Å². The van der Waals surface area contributed by atoms with E-state index in [-0.39, 0.29) is 28.6 Å². The monoisotopic (exact) mass is 291 g/mol. The molecular weight excluding hydrogens is 266 g/mol. The molecule has 21 heavy (non-hydrogen) atoms. The lowest BCUT2D eigenvalue weighted by molar-refractivity contribution is -0.138. The van der Waals surface area contributed by atoms with E-state index in [0.29, 0.717) is 6.61 Å². The van der Waals surface area contributed by atoms with Gasteiger partial charge in [0, 0.05) is 0 Å². The van der Waals surface area contributed by atoms with Gasteiger partial charge in [0.25, 0.3) is 0 Å². The summed E-state index contributed by atoms with van der Waals surface area (Å²) in [5, 5.41) is 3.04. The van der Waals surface area contributed by atoms with Crippen molar-refractivity contribution in [2.45, 2.75) is 63.5 Å². The highest BCUT2D eigenvalue weighted by Crippen LogP contribution is 2.57. The Morgan fingerprint density at radius 3 is 2.48 bits per heavy atom. The number of ether oxygens (including phenoxy) is 1. The lowest BCUT2D eigenvalue weighted by Crippen LogP contribution is -2.56. The predicted octanol–water partition coefficient (Wildman–Crippen LogP) is 2.38. The van der Waals surface area contributed by atoms with Crippen LogP contribution >= 0.6 is 0 Å². The lowest BCUT2D eigenvalue weighted by Gasteiger charge is -2.42. The van der Waals surface area contributed by atoms with E-state index >= 15 is 0 Å². The highest BCUT2D eigenvalue weighted by atomic mass is 16.5. The molecule has 1 atom stereocenters. The molecule has 2 heterocycles. The minimum absolute atomic E-state index is 0.00301. The molecule has 2 aliphatic carbocycles. The van der Waals surface area contributed by atoms with Gasteiger partial charge in [0.2, 0.25) is 5.91 Å². The average molecular weight is 291 g/mol. The van der Waals surface area contributed by atoms with Gasteiger partial charge in [0.1, 0.15) is 0 Å². The highest BCUT2D eigenvalue weighted by molar-refractivity contribution is 5.98. The molecule has 2 bridgehead atoms. The highest BCUT2D eigenvalue weighted by Gasteiger charge is 2.64. The standard InChI is InChI=1S/C17H25NO3/c1-3-13(19)14(12-7-5-4-6-8-12)18-15(20)17-9-16(2,10-17)21-11-17/h3,12,14H,1,4-11H2,2H3,(H,18,20)/t14-,16?,17?/m1/s1. The van der Waals surface area contributed by atoms with Crippen molar-refractivity contribution in [2.24, 2.45) is 11.3 Å². The van der Waals surface area contributed by atoms with Crippen LogP contribution < -0.4 is 5.32 Å². The molecule has 0 aromatic heterocycles. The molecule has 0 unspecified atom stereocenters. The second-order valence-electron chi connectivity index (χ2n) is 7.33. The summed E-state index contributed by atoms with van der Waals surface area (Å²) in [4.78, 5) is 24.8. The molecule has 4 nitrogen and oxygen atoms in total. The first kappa shape index (κ1) is 14.8. The molecule has 2 saturated heterocycles. The third-order valence-corrected chi connectivity index (χ3v) is 5.52. The molecule has 0 aromatic rings. The summed E-state index contributed by atoms with van der Waals surface area (Å²) in [6.07, 6.45) is 8.49. The Hall–Kier alpha value is -1.16. The molecule has 4 heteroatoms. The van der Waals surface area contributed by atoms with Gasteiger partial charge in [0.15, 0.2) is 5.78 Å². The van der Waals surface area contributed by atoms with E-state index in [9.17, 15) is 9.59 Å². The van der Waals surface area contributed by atoms with Crippen molar-refractivity contribution in [3.05, 3.63) is 12.7 Å². The fraction of sp³-hybridized carbons (Fsp3) is 0.765. The van der Waals surface area contributed by atoms with Crippen LogP contribution in [0.5, 0.6) is 0 Å². The van der Waals surface area contributed by atoms with Crippen molar-refractivity contribution in [1.82, 2.24) is 5.32 Å². The van der Waals surface area contributed by atoms with Crippen LogP contribution in [0.3, 0.4) is 0 Å². The zero-order valence-corrected chi connectivity index (χ0v) is 12.8. The quantitative estimate of drug-likeness (QED) is 0.791. The summed E-state index contributed by atoms with van der Waals surface area (Å²) in [6, 6.07) is -0.392. The number of carbonyl (C=O) groups is 2. The zero-order valence-electron chi connectivity index (χ0n) is 12.8. The van der Waals surface area contributed by atoms with Crippen molar-refractivity contribution in [3.8, 4) is 0 Å². The number of ketones is 1. The van der Waals surface area contributed by atoms with E-state index in [1.54, 1.807) is 0 Å². The maximum atomic E-state index is 12.6. The smallest absolute Gasteiger partial charge is 0.229 e. The normalized spacial score (nSPS) is 36.6. The van der Waals surface area contributed by atoms with Crippen LogP contribution in [0.2, 0.25) is 0 Å². The Morgan fingerprint density at radius 2 is 1.95 bits per heavy atom. The van der Waals surface area contributed by atoms with Gasteiger partial charge in [-0.05, 0) is 44.6 Å². The lowest BCUT2D eigenvalue weighted by atomic mass is 9.62. The number of carbonyl (C=O) groups excluding carboxylic acids is 2. The molecule has 116 valence electrons. The minimum Gasteiger partial charge on any atom is -0.374 e. The van der Waals surface area contributed by atoms with Crippen molar-refractivity contribution in [3.63, 3.8) is 0 Å². The predicted molar refractivity (Wildman–Crippen MR) is 79.7 cm³/mol. The van der Waals surface area contributed by atoms with Crippen LogP contribution in [-0.4, -0.2) is 29.9 Å². The van der Waals surface area contributed by atoms with Gasteiger partial charge < -0.3 is 10.1 Å². The Labute approximate surface area is 126 Å². The van der Waals surface area contributed by atoms with Crippen LogP contribution in [0.4, 0.5) is 0 Å². The maximum absolute atomic E-state index is 12.6. The summed E-state index contributed by atoms with van der Waals surface area (Å²) in [5.74, 6) is 0.217. The molecule has 1 N–H and O–H groups in total. The van der Waals surface area contributed by atoms with Crippen molar-refractivity contribution in [1.29, 1.82) is 0 Å². The molecule has 1 amide bonds. The van der Waals surface area contributed by atoms with Crippen LogP contribution in [0.1, 0.15) is 51.9 Å². The summed E-state index contributed by atoms with van der Waals surface area (Å²) in [5.41, 5.74) is -0.497. The molecule has 4 aliphatic rings. The summed E-state index contributed by atoms with van der Waals surface area (Å²) < 4.78 is 5.69. The molecule has 0 spiro atoms. The van der Waals surface area contributed by atoms with Crippen molar-refractivity contribution in [2.75, 3.05) is 6.61 Å². The minimum atomic E-state index is -0.392. The van der Waals surface area contributed by atoms with E-state index in [1.807, 2.05) is 0 Å². The third kappa shape index (κ3) is 2.54. The van der Waals surface area contributed by atoms with E-state index < -0.39 is 6.04 Å². The number of hydrogen-bond acceptors (Lipinski definition) is 3. The first-order valence-corrected chi connectivity index (χ1v) is 8.09. The Balaban J connectivity index is 1.68.